The standard InChI is InChI=1S/C20H16F2N4O/c21-15-9-8-14(10-16(15)22)24-20(27)17-11-18(23-13-6-7-13)26-19(25-17)12-4-2-1-3-5-12/h1-5,8-11,13H,6-7H2,(H,24,27)(H,23,25,26). The molecular weight excluding hydrogens is 350 g/mol. The Bertz CT molecular complexity index is 991. The van der Waals surface area contributed by atoms with Crippen molar-refractivity contribution >= 4 is 17.4 Å². The van der Waals surface area contributed by atoms with E-state index in [1.165, 1.54) is 6.07 Å². The van der Waals surface area contributed by atoms with Gasteiger partial charge in [0.25, 0.3) is 5.91 Å². The highest BCUT2D eigenvalue weighted by atomic mass is 19.2. The molecule has 1 heterocycles. The van der Waals surface area contributed by atoms with Gasteiger partial charge in [-0.3, -0.25) is 4.79 Å². The number of hydrogen-bond donors (Lipinski definition) is 2. The zero-order valence-electron chi connectivity index (χ0n) is 14.2. The lowest BCUT2D eigenvalue weighted by Crippen LogP contribution is -2.16. The summed E-state index contributed by atoms with van der Waals surface area (Å²) in [6, 6.07) is 14.4. The van der Waals surface area contributed by atoms with Crippen molar-refractivity contribution in [2.24, 2.45) is 0 Å². The van der Waals surface area contributed by atoms with Crippen molar-refractivity contribution in [2.45, 2.75) is 18.9 Å². The van der Waals surface area contributed by atoms with Crippen LogP contribution in [0.2, 0.25) is 0 Å². The monoisotopic (exact) mass is 366 g/mol. The molecule has 5 nitrogen and oxygen atoms in total. The number of carbonyl (C=O) groups excluding carboxylic acids is 1. The molecule has 7 heteroatoms. The zero-order chi connectivity index (χ0) is 18.8. The summed E-state index contributed by atoms with van der Waals surface area (Å²) in [5, 5.41) is 5.80. The largest absolute Gasteiger partial charge is 0.367 e. The highest BCUT2D eigenvalue weighted by molar-refractivity contribution is 6.03. The number of halogens is 2. The maximum atomic E-state index is 13.4. The minimum Gasteiger partial charge on any atom is -0.367 e. The minimum absolute atomic E-state index is 0.136. The molecule has 1 amide bonds. The molecule has 136 valence electrons. The number of aromatic nitrogens is 2. The second kappa shape index (κ2) is 7.11. The van der Waals surface area contributed by atoms with Crippen molar-refractivity contribution in [3.8, 4) is 11.4 Å². The number of amides is 1. The molecule has 27 heavy (non-hydrogen) atoms. The van der Waals surface area contributed by atoms with E-state index in [-0.39, 0.29) is 11.4 Å². The lowest BCUT2D eigenvalue weighted by molar-refractivity contribution is 0.102. The maximum absolute atomic E-state index is 13.4. The van der Waals surface area contributed by atoms with Gasteiger partial charge in [0.1, 0.15) is 11.5 Å². The molecule has 0 unspecified atom stereocenters. The van der Waals surface area contributed by atoms with Crippen molar-refractivity contribution in [1.29, 1.82) is 0 Å². The maximum Gasteiger partial charge on any atom is 0.274 e. The van der Waals surface area contributed by atoms with E-state index in [0.717, 1.165) is 30.5 Å². The molecule has 1 aliphatic rings. The molecule has 0 atom stereocenters. The third-order valence-electron chi connectivity index (χ3n) is 4.10. The van der Waals surface area contributed by atoms with Crippen LogP contribution in [-0.2, 0) is 0 Å². The van der Waals surface area contributed by atoms with Crippen molar-refractivity contribution < 1.29 is 13.6 Å². The third kappa shape index (κ3) is 4.08. The van der Waals surface area contributed by atoms with Gasteiger partial charge < -0.3 is 10.6 Å². The Kier molecular flexibility index (Phi) is 4.50. The van der Waals surface area contributed by atoms with Crippen LogP contribution >= 0.6 is 0 Å². The van der Waals surface area contributed by atoms with E-state index in [1.54, 1.807) is 6.07 Å². The average Bonchev–Trinajstić information content (AvgIpc) is 3.49. The zero-order valence-corrected chi connectivity index (χ0v) is 14.2. The number of hydrogen-bond acceptors (Lipinski definition) is 4. The predicted molar refractivity (Wildman–Crippen MR) is 98.4 cm³/mol. The molecule has 3 aromatic rings. The fourth-order valence-corrected chi connectivity index (χ4v) is 2.56. The molecule has 0 radical (unpaired) electrons. The lowest BCUT2D eigenvalue weighted by atomic mass is 10.2. The van der Waals surface area contributed by atoms with Crippen LogP contribution in [0.4, 0.5) is 20.3 Å². The van der Waals surface area contributed by atoms with Crippen LogP contribution < -0.4 is 10.6 Å². The Balaban J connectivity index is 1.65. The van der Waals surface area contributed by atoms with Gasteiger partial charge in [-0.2, -0.15) is 0 Å². The first kappa shape index (κ1) is 17.1. The molecule has 4 rings (SSSR count). The minimum atomic E-state index is -1.03. The third-order valence-corrected chi connectivity index (χ3v) is 4.10. The van der Waals surface area contributed by atoms with E-state index in [2.05, 4.69) is 20.6 Å². The second-order valence-corrected chi connectivity index (χ2v) is 6.33. The number of nitrogens with one attached hydrogen (secondary N) is 2. The first-order chi connectivity index (χ1) is 13.1. The van der Waals surface area contributed by atoms with E-state index < -0.39 is 17.5 Å². The Morgan fingerprint density at radius 3 is 2.44 bits per heavy atom. The van der Waals surface area contributed by atoms with Gasteiger partial charge in [-0.1, -0.05) is 30.3 Å². The first-order valence-corrected chi connectivity index (χ1v) is 8.56. The fourth-order valence-electron chi connectivity index (χ4n) is 2.56. The van der Waals surface area contributed by atoms with Crippen LogP contribution in [0.3, 0.4) is 0 Å². The number of carbonyl (C=O) groups is 1. The first-order valence-electron chi connectivity index (χ1n) is 8.56. The number of anilines is 2. The van der Waals surface area contributed by atoms with Crippen molar-refractivity contribution in [2.75, 3.05) is 10.6 Å². The molecule has 0 aliphatic heterocycles. The Labute approximate surface area is 154 Å². The summed E-state index contributed by atoms with van der Waals surface area (Å²) in [6.07, 6.45) is 2.11. The molecule has 1 fully saturated rings. The fraction of sp³-hybridized carbons (Fsp3) is 0.150. The molecule has 0 bridgehead atoms. The van der Waals surface area contributed by atoms with E-state index in [9.17, 15) is 13.6 Å². The van der Waals surface area contributed by atoms with E-state index >= 15 is 0 Å². The van der Waals surface area contributed by atoms with Gasteiger partial charge in [0.2, 0.25) is 0 Å². The van der Waals surface area contributed by atoms with Crippen LogP contribution in [0.5, 0.6) is 0 Å². The van der Waals surface area contributed by atoms with Gasteiger partial charge in [-0.05, 0) is 25.0 Å². The number of rotatable bonds is 5. The van der Waals surface area contributed by atoms with Gasteiger partial charge in [0.05, 0.1) is 0 Å². The summed E-state index contributed by atoms with van der Waals surface area (Å²) in [7, 11) is 0. The van der Waals surface area contributed by atoms with Crippen LogP contribution in [0, 0.1) is 11.6 Å². The van der Waals surface area contributed by atoms with Crippen LogP contribution in [-0.4, -0.2) is 21.9 Å². The number of nitrogens with zero attached hydrogens (tertiary/aromatic N) is 2. The van der Waals surface area contributed by atoms with Gasteiger partial charge in [0, 0.05) is 29.4 Å². The topological polar surface area (TPSA) is 66.9 Å². The summed E-state index contributed by atoms with van der Waals surface area (Å²) >= 11 is 0. The highest BCUT2D eigenvalue weighted by Gasteiger charge is 2.23. The van der Waals surface area contributed by atoms with Crippen molar-refractivity contribution in [3.05, 3.63) is 71.9 Å². The molecule has 1 aromatic heterocycles. The molecule has 1 aliphatic carbocycles. The number of benzene rings is 2. The average molecular weight is 366 g/mol. The molecule has 2 aromatic carbocycles. The summed E-state index contributed by atoms with van der Waals surface area (Å²) in [6.45, 7) is 0. The second-order valence-electron chi connectivity index (χ2n) is 6.33. The molecular formula is C20H16F2N4O. The van der Waals surface area contributed by atoms with Gasteiger partial charge in [-0.25, -0.2) is 18.7 Å². The van der Waals surface area contributed by atoms with Gasteiger partial charge >= 0.3 is 0 Å². The van der Waals surface area contributed by atoms with Crippen LogP contribution in [0.1, 0.15) is 23.3 Å². The molecule has 0 saturated heterocycles. The van der Waals surface area contributed by atoms with Crippen molar-refractivity contribution in [1.82, 2.24) is 9.97 Å². The smallest absolute Gasteiger partial charge is 0.274 e. The SMILES string of the molecule is O=C(Nc1ccc(F)c(F)c1)c1cc(NC2CC2)nc(-c2ccccc2)n1. The van der Waals surface area contributed by atoms with Gasteiger partial charge in [-0.15, -0.1) is 0 Å². The summed E-state index contributed by atoms with van der Waals surface area (Å²) in [4.78, 5) is 21.4. The van der Waals surface area contributed by atoms with Crippen LogP contribution in [0.25, 0.3) is 11.4 Å². The molecule has 0 spiro atoms. The Hall–Kier alpha value is -3.35. The Morgan fingerprint density at radius 1 is 0.963 bits per heavy atom. The predicted octanol–water partition coefficient (Wildman–Crippen LogP) is 4.25. The summed E-state index contributed by atoms with van der Waals surface area (Å²) < 4.78 is 26.4. The summed E-state index contributed by atoms with van der Waals surface area (Å²) in [5.74, 6) is -1.56. The van der Waals surface area contributed by atoms with Crippen LogP contribution in [0.15, 0.2) is 54.6 Å². The Morgan fingerprint density at radius 2 is 1.74 bits per heavy atom. The van der Waals surface area contributed by atoms with E-state index in [1.807, 2.05) is 30.3 Å². The van der Waals surface area contributed by atoms with Crippen molar-refractivity contribution in [3.63, 3.8) is 0 Å². The molecule has 2 N–H and O–H groups in total. The normalized spacial score (nSPS) is 13.3. The molecule has 1 saturated carbocycles. The highest BCUT2D eigenvalue weighted by Crippen LogP contribution is 2.26. The van der Waals surface area contributed by atoms with Gasteiger partial charge in [0.15, 0.2) is 17.5 Å². The van der Waals surface area contributed by atoms with E-state index in [0.29, 0.717) is 17.7 Å². The lowest BCUT2D eigenvalue weighted by Gasteiger charge is -2.10. The quantitative estimate of drug-likeness (QED) is 0.708. The van der Waals surface area contributed by atoms with E-state index in [4.69, 9.17) is 0 Å². The summed E-state index contributed by atoms with van der Waals surface area (Å²) in [5.41, 5.74) is 1.06.